The van der Waals surface area contributed by atoms with Crippen molar-refractivity contribution < 1.29 is 26.3 Å². The molecule has 25 heavy (non-hydrogen) atoms. The van der Waals surface area contributed by atoms with Crippen LogP contribution in [-0.4, -0.2) is 12.4 Å². The molecule has 0 heterocycles. The van der Waals surface area contributed by atoms with E-state index in [4.69, 9.17) is 11.5 Å². The van der Waals surface area contributed by atoms with Crippen molar-refractivity contribution in [1.82, 2.24) is 0 Å². The van der Waals surface area contributed by atoms with Crippen LogP contribution in [0.1, 0.15) is 26.7 Å². The van der Waals surface area contributed by atoms with Crippen LogP contribution in [0.3, 0.4) is 0 Å². The fraction of sp³-hybridized carbons (Fsp3) is 0.529. The fourth-order valence-corrected chi connectivity index (χ4v) is 4.48. The van der Waals surface area contributed by atoms with E-state index in [1.54, 1.807) is 0 Å². The Morgan fingerprint density at radius 3 is 1.32 bits per heavy atom. The maximum absolute atomic E-state index is 14.3. The number of nitrogens with two attached hydrogens (primary N) is 2. The lowest BCUT2D eigenvalue weighted by Crippen LogP contribution is -2.67. The van der Waals surface area contributed by atoms with Gasteiger partial charge in [0, 0.05) is 22.2 Å². The molecule has 0 saturated heterocycles. The van der Waals surface area contributed by atoms with Gasteiger partial charge in [0.05, 0.1) is 0 Å². The third-order valence-corrected chi connectivity index (χ3v) is 5.26. The molecule has 2 aliphatic rings. The Balaban J connectivity index is 2.86. The van der Waals surface area contributed by atoms with Crippen LogP contribution in [0.5, 0.6) is 0 Å². The van der Waals surface area contributed by atoms with Gasteiger partial charge in [0.2, 0.25) is 0 Å². The standard InChI is InChI=1S/C17H20F6N2/c1-13(7-3-5-11(24)9-13)15(16(18,19)20,17(21,22)23)14(2)8-4-6-12(25)10-14/h3-8H,9-10,24-25H2,1-2H3. The van der Waals surface area contributed by atoms with Crippen molar-refractivity contribution in [2.24, 2.45) is 27.7 Å². The molecule has 0 radical (unpaired) electrons. The molecule has 2 aliphatic carbocycles. The van der Waals surface area contributed by atoms with Gasteiger partial charge in [-0.25, -0.2) is 0 Å². The van der Waals surface area contributed by atoms with E-state index in [2.05, 4.69) is 0 Å². The van der Waals surface area contributed by atoms with Gasteiger partial charge in [-0.1, -0.05) is 38.2 Å². The van der Waals surface area contributed by atoms with Gasteiger partial charge in [0.15, 0.2) is 5.41 Å². The Hall–Kier alpha value is -1.86. The van der Waals surface area contributed by atoms with E-state index < -0.39 is 41.4 Å². The molecule has 0 aromatic heterocycles. The number of hydrogen-bond acceptors (Lipinski definition) is 2. The minimum Gasteiger partial charge on any atom is -0.402 e. The summed E-state index contributed by atoms with van der Waals surface area (Å²) in [6.45, 7) is 1.91. The Kier molecular flexibility index (Phi) is 4.34. The van der Waals surface area contributed by atoms with Crippen LogP contribution in [0.15, 0.2) is 47.9 Å². The normalized spacial score (nSPS) is 30.9. The molecule has 0 bridgehead atoms. The zero-order chi connectivity index (χ0) is 19.3. The first-order chi connectivity index (χ1) is 11.2. The summed E-state index contributed by atoms with van der Waals surface area (Å²) in [6.07, 6.45) is -5.45. The van der Waals surface area contributed by atoms with Crippen LogP contribution in [0.2, 0.25) is 0 Å². The molecule has 0 spiro atoms. The van der Waals surface area contributed by atoms with Crippen molar-refractivity contribution in [3.63, 3.8) is 0 Å². The lowest BCUT2D eigenvalue weighted by Gasteiger charge is -2.58. The molecule has 0 fully saturated rings. The first kappa shape index (κ1) is 19.5. The van der Waals surface area contributed by atoms with Gasteiger partial charge in [0.25, 0.3) is 0 Å². The molecule has 0 saturated carbocycles. The summed E-state index contributed by atoms with van der Waals surface area (Å²) in [5.41, 5.74) is 2.46. The highest BCUT2D eigenvalue weighted by atomic mass is 19.4. The molecule has 2 unspecified atom stereocenters. The minimum absolute atomic E-state index is 0.0326. The average Bonchev–Trinajstić information content (AvgIpc) is 2.33. The van der Waals surface area contributed by atoms with Crippen LogP contribution in [0.25, 0.3) is 0 Å². The van der Waals surface area contributed by atoms with Crippen molar-refractivity contribution in [1.29, 1.82) is 0 Å². The summed E-state index contributed by atoms with van der Waals surface area (Å²) in [7, 11) is 0. The average molecular weight is 366 g/mol. The van der Waals surface area contributed by atoms with E-state index in [9.17, 15) is 26.3 Å². The van der Waals surface area contributed by atoms with Gasteiger partial charge in [-0.05, 0) is 25.0 Å². The van der Waals surface area contributed by atoms with Crippen LogP contribution in [0.4, 0.5) is 26.3 Å². The summed E-state index contributed by atoms with van der Waals surface area (Å²) in [5, 5.41) is 0. The Labute approximate surface area is 141 Å². The minimum atomic E-state index is -5.58. The number of halogens is 6. The van der Waals surface area contributed by atoms with E-state index in [0.29, 0.717) is 0 Å². The largest absolute Gasteiger partial charge is 0.404 e. The summed E-state index contributed by atoms with van der Waals surface area (Å²) >= 11 is 0. The summed E-state index contributed by atoms with van der Waals surface area (Å²) in [6, 6.07) is 0. The number of allylic oxidation sites excluding steroid dienone is 8. The Morgan fingerprint density at radius 2 is 1.08 bits per heavy atom. The van der Waals surface area contributed by atoms with Crippen molar-refractivity contribution in [2.45, 2.75) is 39.0 Å². The van der Waals surface area contributed by atoms with E-state index in [1.165, 1.54) is 12.2 Å². The van der Waals surface area contributed by atoms with Gasteiger partial charge in [-0.3, -0.25) is 0 Å². The smallest absolute Gasteiger partial charge is 0.402 e. The van der Waals surface area contributed by atoms with Crippen molar-refractivity contribution in [3.8, 4) is 0 Å². The summed E-state index contributed by atoms with van der Waals surface area (Å²) in [5.74, 6) is 0. The number of rotatable bonds is 2. The predicted molar refractivity (Wildman–Crippen MR) is 82.8 cm³/mol. The van der Waals surface area contributed by atoms with E-state index in [1.807, 2.05) is 0 Å². The highest BCUT2D eigenvalue weighted by Crippen LogP contribution is 2.72. The lowest BCUT2D eigenvalue weighted by atomic mass is 9.47. The summed E-state index contributed by atoms with van der Waals surface area (Å²) < 4.78 is 85.7. The first-order valence-corrected chi connectivity index (χ1v) is 7.61. The van der Waals surface area contributed by atoms with Crippen LogP contribution in [-0.2, 0) is 0 Å². The molecule has 8 heteroatoms. The molecule has 4 N–H and O–H groups in total. The van der Waals surface area contributed by atoms with Crippen molar-refractivity contribution in [3.05, 3.63) is 47.9 Å². The highest BCUT2D eigenvalue weighted by molar-refractivity contribution is 5.34. The maximum atomic E-state index is 14.3. The molecule has 0 aliphatic heterocycles. The van der Waals surface area contributed by atoms with Crippen LogP contribution >= 0.6 is 0 Å². The SMILES string of the molecule is CC1(C(C(F)(F)F)(C(F)(F)F)C2(C)C=CC=C(N)C2)C=CC=C(N)C1. The predicted octanol–water partition coefficient (Wildman–Crippen LogP) is 4.72. The molecular formula is C17H20F6N2. The highest BCUT2D eigenvalue weighted by Gasteiger charge is 2.83. The lowest BCUT2D eigenvalue weighted by molar-refractivity contribution is -0.399. The van der Waals surface area contributed by atoms with E-state index in [0.717, 1.165) is 38.2 Å². The van der Waals surface area contributed by atoms with E-state index >= 15 is 0 Å². The quantitative estimate of drug-likeness (QED) is 0.695. The van der Waals surface area contributed by atoms with Gasteiger partial charge in [-0.15, -0.1) is 0 Å². The second-order valence-electron chi connectivity index (χ2n) is 7.14. The van der Waals surface area contributed by atoms with E-state index in [-0.39, 0.29) is 11.4 Å². The van der Waals surface area contributed by atoms with Crippen molar-refractivity contribution >= 4 is 0 Å². The Morgan fingerprint density at radius 1 is 0.760 bits per heavy atom. The third kappa shape index (κ3) is 2.66. The molecule has 2 nitrogen and oxygen atoms in total. The second kappa shape index (κ2) is 5.57. The molecule has 140 valence electrons. The van der Waals surface area contributed by atoms with Gasteiger partial charge in [-0.2, -0.15) is 26.3 Å². The molecule has 0 amide bonds. The zero-order valence-corrected chi connectivity index (χ0v) is 13.8. The molecule has 2 atom stereocenters. The van der Waals surface area contributed by atoms with Gasteiger partial charge in [0.1, 0.15) is 0 Å². The Bertz CT molecular complexity index is 610. The molecular weight excluding hydrogens is 346 g/mol. The second-order valence-corrected chi connectivity index (χ2v) is 7.14. The number of hydrogen-bond donors (Lipinski definition) is 2. The molecule has 2 rings (SSSR count). The first-order valence-electron chi connectivity index (χ1n) is 7.61. The number of alkyl halides is 6. The monoisotopic (exact) mass is 366 g/mol. The van der Waals surface area contributed by atoms with Gasteiger partial charge < -0.3 is 11.5 Å². The third-order valence-electron chi connectivity index (χ3n) is 5.26. The zero-order valence-electron chi connectivity index (χ0n) is 13.8. The molecule has 0 aromatic rings. The topological polar surface area (TPSA) is 52.0 Å². The molecule has 0 aromatic carbocycles. The fourth-order valence-electron chi connectivity index (χ4n) is 4.48. The van der Waals surface area contributed by atoms with Crippen molar-refractivity contribution in [2.75, 3.05) is 0 Å². The van der Waals surface area contributed by atoms with Crippen LogP contribution < -0.4 is 11.5 Å². The van der Waals surface area contributed by atoms with Gasteiger partial charge >= 0.3 is 12.4 Å². The maximum Gasteiger partial charge on any atom is 0.404 e. The van der Waals surface area contributed by atoms with Crippen LogP contribution in [0, 0.1) is 16.2 Å². The summed E-state index contributed by atoms with van der Waals surface area (Å²) in [4.78, 5) is 0.